The van der Waals surface area contributed by atoms with E-state index in [1.807, 2.05) is 45.0 Å². The van der Waals surface area contributed by atoms with E-state index >= 15 is 0 Å². The normalized spacial score (nSPS) is 10.8. The standard InChI is InChI=1S/C19H22N2O4S/c1-5-24-19(23)17-13(3)14(4)26-18(17)21-16(22)11-25-20-10-15-9-7-6-8-12(15)2/h6-10H,5,11H2,1-4H3,(H,21,22)/b20-10+. The molecule has 0 aliphatic rings. The van der Waals surface area contributed by atoms with E-state index in [4.69, 9.17) is 9.57 Å². The molecule has 1 N–H and O–H groups in total. The molecule has 0 atom stereocenters. The highest BCUT2D eigenvalue weighted by Crippen LogP contribution is 2.32. The highest BCUT2D eigenvalue weighted by Gasteiger charge is 2.22. The molecular formula is C19H22N2O4S. The summed E-state index contributed by atoms with van der Waals surface area (Å²) in [7, 11) is 0. The van der Waals surface area contributed by atoms with E-state index in [9.17, 15) is 9.59 Å². The van der Waals surface area contributed by atoms with Gasteiger partial charge in [-0.2, -0.15) is 0 Å². The van der Waals surface area contributed by atoms with Crippen LogP contribution in [0.25, 0.3) is 0 Å². The van der Waals surface area contributed by atoms with Gasteiger partial charge in [0.25, 0.3) is 5.91 Å². The van der Waals surface area contributed by atoms with E-state index in [1.54, 1.807) is 13.1 Å². The van der Waals surface area contributed by atoms with Gasteiger partial charge in [0.1, 0.15) is 5.00 Å². The number of carbonyl (C=O) groups is 2. The lowest BCUT2D eigenvalue weighted by Gasteiger charge is -2.06. The molecular weight excluding hydrogens is 352 g/mol. The van der Waals surface area contributed by atoms with Crippen molar-refractivity contribution in [2.75, 3.05) is 18.5 Å². The molecule has 1 heterocycles. The lowest BCUT2D eigenvalue weighted by Crippen LogP contribution is -2.18. The highest BCUT2D eigenvalue weighted by atomic mass is 32.1. The predicted molar refractivity (Wildman–Crippen MR) is 103 cm³/mol. The van der Waals surface area contributed by atoms with Crippen LogP contribution in [0.2, 0.25) is 0 Å². The maximum absolute atomic E-state index is 12.1. The second-order valence-electron chi connectivity index (χ2n) is 5.62. The van der Waals surface area contributed by atoms with Gasteiger partial charge in [-0.05, 0) is 44.4 Å². The van der Waals surface area contributed by atoms with Crippen molar-refractivity contribution >= 4 is 34.4 Å². The molecule has 0 unspecified atom stereocenters. The molecule has 0 spiro atoms. The Hall–Kier alpha value is -2.67. The number of oxime groups is 1. The average Bonchev–Trinajstić information content (AvgIpc) is 2.87. The number of amides is 1. The van der Waals surface area contributed by atoms with Crippen LogP contribution in [0.15, 0.2) is 29.4 Å². The van der Waals surface area contributed by atoms with Crippen molar-refractivity contribution in [3.63, 3.8) is 0 Å². The van der Waals surface area contributed by atoms with Crippen molar-refractivity contribution in [3.8, 4) is 0 Å². The number of nitrogens with one attached hydrogen (secondary N) is 1. The second kappa shape index (κ2) is 9.15. The first-order chi connectivity index (χ1) is 12.4. The molecule has 0 bridgehead atoms. The number of esters is 1. The molecule has 0 fully saturated rings. The van der Waals surface area contributed by atoms with Crippen LogP contribution >= 0.6 is 11.3 Å². The van der Waals surface area contributed by atoms with Crippen LogP contribution in [-0.4, -0.2) is 31.3 Å². The molecule has 0 radical (unpaired) electrons. The fourth-order valence-corrected chi connectivity index (χ4v) is 3.31. The van der Waals surface area contributed by atoms with Gasteiger partial charge >= 0.3 is 5.97 Å². The lowest BCUT2D eigenvalue weighted by atomic mass is 10.1. The summed E-state index contributed by atoms with van der Waals surface area (Å²) in [6, 6.07) is 7.71. The lowest BCUT2D eigenvalue weighted by molar-refractivity contribution is -0.120. The third kappa shape index (κ3) is 4.92. The van der Waals surface area contributed by atoms with Crippen molar-refractivity contribution in [1.29, 1.82) is 0 Å². The second-order valence-corrected chi connectivity index (χ2v) is 6.85. The van der Waals surface area contributed by atoms with Crippen LogP contribution in [0.4, 0.5) is 5.00 Å². The molecule has 0 aliphatic heterocycles. The quantitative estimate of drug-likeness (QED) is 0.454. The predicted octanol–water partition coefficient (Wildman–Crippen LogP) is 3.84. The number of anilines is 1. The molecule has 6 nitrogen and oxygen atoms in total. The smallest absolute Gasteiger partial charge is 0.341 e. The number of aryl methyl sites for hydroxylation is 2. The zero-order chi connectivity index (χ0) is 19.1. The third-order valence-electron chi connectivity index (χ3n) is 3.77. The molecule has 1 aromatic heterocycles. The molecule has 0 saturated carbocycles. The van der Waals surface area contributed by atoms with Gasteiger partial charge in [-0.25, -0.2) is 4.79 Å². The van der Waals surface area contributed by atoms with E-state index in [0.717, 1.165) is 21.6 Å². The molecule has 138 valence electrons. The Labute approximate surface area is 156 Å². The summed E-state index contributed by atoms with van der Waals surface area (Å²) in [4.78, 5) is 30.2. The van der Waals surface area contributed by atoms with Gasteiger partial charge in [-0.1, -0.05) is 29.4 Å². The Morgan fingerprint density at radius 1 is 1.23 bits per heavy atom. The summed E-state index contributed by atoms with van der Waals surface area (Å²) in [5.74, 6) is -0.832. The topological polar surface area (TPSA) is 77.0 Å². The van der Waals surface area contributed by atoms with Gasteiger partial charge < -0.3 is 14.9 Å². The Morgan fingerprint density at radius 2 is 1.96 bits per heavy atom. The molecule has 0 aliphatic carbocycles. The zero-order valence-electron chi connectivity index (χ0n) is 15.3. The molecule has 0 saturated heterocycles. The Bertz CT molecular complexity index is 827. The van der Waals surface area contributed by atoms with E-state index in [1.165, 1.54) is 11.3 Å². The van der Waals surface area contributed by atoms with E-state index in [2.05, 4.69) is 10.5 Å². The number of rotatable bonds is 7. The molecule has 7 heteroatoms. The third-order valence-corrected chi connectivity index (χ3v) is 4.89. The van der Waals surface area contributed by atoms with Crippen molar-refractivity contribution < 1.29 is 19.2 Å². The first-order valence-corrected chi connectivity index (χ1v) is 9.03. The highest BCUT2D eigenvalue weighted by molar-refractivity contribution is 7.16. The van der Waals surface area contributed by atoms with Crippen molar-refractivity contribution in [2.24, 2.45) is 5.16 Å². The monoisotopic (exact) mass is 374 g/mol. The van der Waals surface area contributed by atoms with Crippen LogP contribution < -0.4 is 5.32 Å². The van der Waals surface area contributed by atoms with E-state index < -0.39 is 11.9 Å². The summed E-state index contributed by atoms with van der Waals surface area (Å²) >= 11 is 1.33. The number of hydrogen-bond acceptors (Lipinski definition) is 6. The van der Waals surface area contributed by atoms with Crippen LogP contribution in [-0.2, 0) is 14.4 Å². The number of thiophene rings is 1. The Morgan fingerprint density at radius 3 is 2.65 bits per heavy atom. The van der Waals surface area contributed by atoms with Gasteiger partial charge in [-0.3, -0.25) is 4.79 Å². The minimum absolute atomic E-state index is 0.249. The Balaban J connectivity index is 1.97. The van der Waals surface area contributed by atoms with Crippen LogP contribution in [0.1, 0.15) is 38.8 Å². The fourth-order valence-electron chi connectivity index (χ4n) is 2.25. The maximum atomic E-state index is 12.1. The average molecular weight is 374 g/mol. The molecule has 26 heavy (non-hydrogen) atoms. The summed E-state index contributed by atoms with van der Waals surface area (Å²) in [5, 5.41) is 6.99. The Kier molecular flexibility index (Phi) is 6.91. The van der Waals surface area contributed by atoms with Gasteiger partial charge in [0.15, 0.2) is 6.61 Å². The number of carbonyl (C=O) groups excluding carboxylic acids is 2. The summed E-state index contributed by atoms with van der Waals surface area (Å²) in [5.41, 5.74) is 3.18. The van der Waals surface area contributed by atoms with Crippen molar-refractivity contribution in [1.82, 2.24) is 0 Å². The van der Waals surface area contributed by atoms with Crippen LogP contribution in [0.3, 0.4) is 0 Å². The number of nitrogens with zero attached hydrogens (tertiary/aromatic N) is 1. The summed E-state index contributed by atoms with van der Waals surface area (Å²) < 4.78 is 5.06. The van der Waals surface area contributed by atoms with Crippen molar-refractivity contribution in [2.45, 2.75) is 27.7 Å². The van der Waals surface area contributed by atoms with Crippen LogP contribution in [0, 0.1) is 20.8 Å². The molecule has 1 aromatic carbocycles. The fraction of sp³-hybridized carbons (Fsp3) is 0.316. The minimum atomic E-state index is -0.442. The first-order valence-electron chi connectivity index (χ1n) is 8.22. The van der Waals surface area contributed by atoms with Crippen LogP contribution in [0.5, 0.6) is 0 Å². The molecule has 2 rings (SSSR count). The van der Waals surface area contributed by atoms with E-state index in [-0.39, 0.29) is 13.2 Å². The SMILES string of the molecule is CCOC(=O)c1c(NC(=O)CO/N=C/c2ccccc2C)sc(C)c1C. The number of ether oxygens (including phenoxy) is 1. The maximum Gasteiger partial charge on any atom is 0.341 e. The van der Waals surface area contributed by atoms with Gasteiger partial charge in [-0.15, -0.1) is 11.3 Å². The first kappa shape index (κ1) is 19.7. The zero-order valence-corrected chi connectivity index (χ0v) is 16.1. The van der Waals surface area contributed by atoms with Gasteiger partial charge in [0.2, 0.25) is 0 Å². The summed E-state index contributed by atoms with van der Waals surface area (Å²) in [6.07, 6.45) is 1.56. The van der Waals surface area contributed by atoms with Gasteiger partial charge in [0, 0.05) is 4.88 Å². The van der Waals surface area contributed by atoms with Crippen molar-refractivity contribution in [3.05, 3.63) is 51.4 Å². The summed E-state index contributed by atoms with van der Waals surface area (Å²) in [6.45, 7) is 7.45. The number of hydrogen-bond donors (Lipinski definition) is 1. The van der Waals surface area contributed by atoms with Gasteiger partial charge in [0.05, 0.1) is 18.4 Å². The molecule has 2 aromatic rings. The minimum Gasteiger partial charge on any atom is -0.462 e. The number of benzene rings is 1. The van der Waals surface area contributed by atoms with E-state index in [0.29, 0.717) is 10.6 Å². The largest absolute Gasteiger partial charge is 0.462 e. The molecule has 1 amide bonds.